The van der Waals surface area contributed by atoms with Gasteiger partial charge in [-0.2, -0.15) is 0 Å². The van der Waals surface area contributed by atoms with E-state index in [1.165, 1.54) is 0 Å². The lowest BCUT2D eigenvalue weighted by molar-refractivity contribution is -0.137. The minimum Gasteiger partial charge on any atom is -0.481 e. The number of carboxylic acid groups (broad SMARTS) is 1. The van der Waals surface area contributed by atoms with Crippen LogP contribution in [0.15, 0.2) is 0 Å². The molecule has 92 valence electrons. The molecule has 16 heavy (non-hydrogen) atoms. The van der Waals surface area contributed by atoms with Crippen molar-refractivity contribution in [1.29, 1.82) is 0 Å². The van der Waals surface area contributed by atoms with E-state index in [9.17, 15) is 14.4 Å². The highest BCUT2D eigenvalue weighted by Crippen LogP contribution is 1.92. The topological polar surface area (TPSA) is 122 Å². The van der Waals surface area contributed by atoms with E-state index < -0.39 is 23.9 Å². The average Bonchev–Trinajstić information content (AvgIpc) is 1.97. The van der Waals surface area contributed by atoms with Gasteiger partial charge in [0.2, 0.25) is 5.91 Å². The molecule has 3 amide bonds. The quantitative estimate of drug-likeness (QED) is 0.488. The van der Waals surface area contributed by atoms with E-state index in [-0.39, 0.29) is 18.9 Å². The maximum Gasteiger partial charge on any atom is 0.315 e. The number of hydrogen-bond donors (Lipinski definition) is 4. The lowest BCUT2D eigenvalue weighted by Gasteiger charge is -2.16. The molecule has 7 heteroatoms. The van der Waals surface area contributed by atoms with Crippen LogP contribution in [0.1, 0.15) is 26.7 Å². The van der Waals surface area contributed by atoms with Gasteiger partial charge in [0.1, 0.15) is 0 Å². The van der Waals surface area contributed by atoms with Gasteiger partial charge in [-0.3, -0.25) is 9.59 Å². The molecule has 0 bridgehead atoms. The van der Waals surface area contributed by atoms with E-state index in [1.807, 2.05) is 0 Å². The Labute approximate surface area is 93.4 Å². The van der Waals surface area contributed by atoms with Crippen molar-refractivity contribution >= 4 is 17.9 Å². The summed E-state index contributed by atoms with van der Waals surface area (Å²) in [5.74, 6) is -1.50. The first-order chi connectivity index (χ1) is 7.31. The Morgan fingerprint density at radius 2 is 1.56 bits per heavy atom. The van der Waals surface area contributed by atoms with Crippen molar-refractivity contribution in [2.24, 2.45) is 5.73 Å². The van der Waals surface area contributed by atoms with Crippen LogP contribution in [-0.4, -0.2) is 35.1 Å². The van der Waals surface area contributed by atoms with Crippen LogP contribution in [0.25, 0.3) is 0 Å². The molecule has 0 rings (SSSR count). The normalized spacial score (nSPS) is 13.6. The molecule has 0 spiro atoms. The molecule has 0 saturated heterocycles. The highest BCUT2D eigenvalue weighted by Gasteiger charge is 2.13. The fourth-order valence-corrected chi connectivity index (χ4v) is 1.16. The van der Waals surface area contributed by atoms with Crippen molar-refractivity contribution in [3.63, 3.8) is 0 Å². The summed E-state index contributed by atoms with van der Waals surface area (Å²) in [5, 5.41) is 13.4. The second-order valence-corrected chi connectivity index (χ2v) is 3.69. The van der Waals surface area contributed by atoms with Crippen LogP contribution in [0.2, 0.25) is 0 Å². The van der Waals surface area contributed by atoms with Crippen LogP contribution in [0, 0.1) is 0 Å². The molecule has 0 aliphatic carbocycles. The first-order valence-corrected chi connectivity index (χ1v) is 4.88. The molecule has 0 fully saturated rings. The Hall–Kier alpha value is -1.79. The van der Waals surface area contributed by atoms with E-state index in [1.54, 1.807) is 13.8 Å². The molecule has 5 N–H and O–H groups in total. The summed E-state index contributed by atoms with van der Waals surface area (Å²) < 4.78 is 0. The van der Waals surface area contributed by atoms with E-state index in [4.69, 9.17) is 10.8 Å². The van der Waals surface area contributed by atoms with Gasteiger partial charge < -0.3 is 21.5 Å². The number of aliphatic carboxylic acids is 1. The Balaban J connectivity index is 3.89. The van der Waals surface area contributed by atoms with Gasteiger partial charge in [-0.05, 0) is 13.8 Å². The number of rotatable bonds is 6. The molecule has 0 aromatic heterocycles. The average molecular weight is 231 g/mol. The molecule has 0 aliphatic heterocycles. The van der Waals surface area contributed by atoms with Crippen LogP contribution in [0.4, 0.5) is 4.79 Å². The Morgan fingerprint density at radius 3 is 1.94 bits per heavy atom. The van der Waals surface area contributed by atoms with Gasteiger partial charge in [-0.15, -0.1) is 0 Å². The van der Waals surface area contributed by atoms with E-state index in [0.717, 1.165) is 0 Å². The second kappa shape index (κ2) is 6.65. The maximum absolute atomic E-state index is 11.3. The Kier molecular flexibility index (Phi) is 5.91. The van der Waals surface area contributed by atoms with Gasteiger partial charge >= 0.3 is 12.0 Å². The zero-order valence-electron chi connectivity index (χ0n) is 9.32. The van der Waals surface area contributed by atoms with Crippen LogP contribution in [-0.2, 0) is 9.59 Å². The van der Waals surface area contributed by atoms with E-state index >= 15 is 0 Å². The summed E-state index contributed by atoms with van der Waals surface area (Å²) in [6, 6.07) is -1.37. The molecule has 0 heterocycles. The minimum atomic E-state index is -0.988. The smallest absolute Gasteiger partial charge is 0.315 e. The second-order valence-electron chi connectivity index (χ2n) is 3.69. The van der Waals surface area contributed by atoms with Crippen LogP contribution in [0.5, 0.6) is 0 Å². The number of carbonyl (C=O) groups excluding carboxylic acids is 2. The van der Waals surface area contributed by atoms with Crippen molar-refractivity contribution in [3.05, 3.63) is 0 Å². The van der Waals surface area contributed by atoms with Crippen molar-refractivity contribution < 1.29 is 19.5 Å². The zero-order chi connectivity index (χ0) is 12.7. The molecular formula is C9H17N3O4. The third-order valence-electron chi connectivity index (χ3n) is 1.74. The third kappa shape index (κ3) is 7.60. The summed E-state index contributed by atoms with van der Waals surface area (Å²) >= 11 is 0. The van der Waals surface area contributed by atoms with Crippen LogP contribution in [0.3, 0.4) is 0 Å². The molecule has 7 nitrogen and oxygen atoms in total. The van der Waals surface area contributed by atoms with Crippen molar-refractivity contribution in [2.75, 3.05) is 0 Å². The van der Waals surface area contributed by atoms with E-state index in [2.05, 4.69) is 10.6 Å². The number of primary amides is 1. The van der Waals surface area contributed by atoms with Gasteiger partial charge in [0.15, 0.2) is 0 Å². The van der Waals surface area contributed by atoms with Gasteiger partial charge in [0, 0.05) is 18.5 Å². The molecule has 2 atom stereocenters. The van der Waals surface area contributed by atoms with Gasteiger partial charge in [0.05, 0.1) is 6.42 Å². The number of hydrogen-bond acceptors (Lipinski definition) is 3. The summed E-state index contributed by atoms with van der Waals surface area (Å²) in [6.45, 7) is 3.21. The maximum atomic E-state index is 11.3. The standard InChI is InChI=1S/C9H17N3O4/c1-5(3-7(10)13)11-9(16)12-6(2)4-8(14)15/h5-6H,3-4H2,1-2H3,(H2,10,13)(H,14,15)(H2,11,12,16). The molecule has 2 unspecified atom stereocenters. The first-order valence-electron chi connectivity index (χ1n) is 4.88. The lowest BCUT2D eigenvalue weighted by Crippen LogP contribution is -2.46. The SMILES string of the molecule is CC(CC(N)=O)NC(=O)NC(C)CC(=O)O. The third-order valence-corrected chi connectivity index (χ3v) is 1.74. The molecule has 0 saturated carbocycles. The van der Waals surface area contributed by atoms with Crippen LogP contribution >= 0.6 is 0 Å². The lowest BCUT2D eigenvalue weighted by atomic mass is 10.2. The monoisotopic (exact) mass is 231 g/mol. The highest BCUT2D eigenvalue weighted by molar-refractivity contribution is 5.78. The zero-order valence-corrected chi connectivity index (χ0v) is 9.32. The fraction of sp³-hybridized carbons (Fsp3) is 0.667. The Morgan fingerprint density at radius 1 is 1.12 bits per heavy atom. The molecular weight excluding hydrogens is 214 g/mol. The van der Waals surface area contributed by atoms with Crippen molar-refractivity contribution in [1.82, 2.24) is 10.6 Å². The molecule has 0 aromatic rings. The molecule has 0 aliphatic rings. The molecule has 0 radical (unpaired) electrons. The number of nitrogens with two attached hydrogens (primary N) is 1. The number of carboxylic acids is 1. The van der Waals surface area contributed by atoms with E-state index in [0.29, 0.717) is 0 Å². The predicted molar refractivity (Wildman–Crippen MR) is 56.7 cm³/mol. The van der Waals surface area contributed by atoms with Crippen molar-refractivity contribution in [3.8, 4) is 0 Å². The number of amides is 3. The fourth-order valence-electron chi connectivity index (χ4n) is 1.16. The minimum absolute atomic E-state index is 0.0424. The number of nitrogens with one attached hydrogen (secondary N) is 2. The largest absolute Gasteiger partial charge is 0.481 e. The summed E-state index contributed by atoms with van der Waals surface area (Å²) in [6.07, 6.45) is -0.113. The van der Waals surface area contributed by atoms with Gasteiger partial charge in [-0.25, -0.2) is 4.79 Å². The van der Waals surface area contributed by atoms with Gasteiger partial charge in [-0.1, -0.05) is 0 Å². The first kappa shape index (κ1) is 14.2. The summed E-state index contributed by atoms with van der Waals surface area (Å²) in [7, 11) is 0. The predicted octanol–water partition coefficient (Wildman–Crippen LogP) is -0.587. The number of carbonyl (C=O) groups is 3. The molecule has 0 aromatic carbocycles. The van der Waals surface area contributed by atoms with Gasteiger partial charge in [0.25, 0.3) is 0 Å². The Bertz CT molecular complexity index is 254. The summed E-state index contributed by atoms with van der Waals surface area (Å²) in [5.41, 5.74) is 4.95. The van der Waals surface area contributed by atoms with Crippen LogP contribution < -0.4 is 16.4 Å². The van der Waals surface area contributed by atoms with Crippen molar-refractivity contribution in [2.45, 2.75) is 38.8 Å². The number of urea groups is 1. The highest BCUT2D eigenvalue weighted by atomic mass is 16.4. The summed E-state index contributed by atoms with van der Waals surface area (Å²) in [4.78, 5) is 32.1.